The Morgan fingerprint density at radius 3 is 2.53 bits per heavy atom. The molecular formula is C11H19NO3S2. The molecule has 0 radical (unpaired) electrons. The largest absolute Gasteiger partial charge is 0.391 e. The summed E-state index contributed by atoms with van der Waals surface area (Å²) in [6, 6.07) is 0. The SMILES string of the molecule is Cc1csc(CO)c1S(=O)(=O)N(C)CC(C)C. The van der Waals surface area contributed by atoms with E-state index >= 15 is 0 Å². The van der Waals surface area contributed by atoms with Gasteiger partial charge in [-0.25, -0.2) is 12.7 Å². The van der Waals surface area contributed by atoms with E-state index in [9.17, 15) is 13.5 Å². The van der Waals surface area contributed by atoms with Crippen LogP contribution in [0.1, 0.15) is 24.3 Å². The minimum Gasteiger partial charge on any atom is -0.391 e. The molecule has 0 spiro atoms. The number of hydrogen-bond donors (Lipinski definition) is 1. The molecule has 1 N–H and O–H groups in total. The summed E-state index contributed by atoms with van der Waals surface area (Å²) in [5.74, 6) is 0.270. The van der Waals surface area contributed by atoms with Crippen LogP contribution in [0.25, 0.3) is 0 Å². The van der Waals surface area contributed by atoms with Crippen LogP contribution in [0.2, 0.25) is 0 Å². The van der Waals surface area contributed by atoms with Gasteiger partial charge < -0.3 is 5.11 Å². The molecule has 0 bridgehead atoms. The maximum atomic E-state index is 12.4. The molecule has 0 saturated heterocycles. The second-order valence-corrected chi connectivity index (χ2v) is 7.45. The Bertz CT molecular complexity index is 477. The highest BCUT2D eigenvalue weighted by Crippen LogP contribution is 2.29. The van der Waals surface area contributed by atoms with Gasteiger partial charge in [0.1, 0.15) is 4.90 Å². The Hall–Kier alpha value is -0.430. The van der Waals surface area contributed by atoms with E-state index in [1.165, 1.54) is 15.6 Å². The van der Waals surface area contributed by atoms with Crippen LogP contribution < -0.4 is 0 Å². The minimum absolute atomic E-state index is 0.234. The maximum Gasteiger partial charge on any atom is 0.244 e. The summed E-state index contributed by atoms with van der Waals surface area (Å²) in [6.45, 7) is 5.94. The van der Waals surface area contributed by atoms with Crippen molar-refractivity contribution in [2.45, 2.75) is 32.3 Å². The fourth-order valence-corrected chi connectivity index (χ4v) is 4.65. The third kappa shape index (κ3) is 3.07. The Kier molecular flexibility index (Phi) is 4.71. The molecule has 0 atom stereocenters. The number of aryl methyl sites for hydroxylation is 1. The molecule has 4 nitrogen and oxygen atoms in total. The van der Waals surface area contributed by atoms with Crippen LogP contribution in [0.4, 0.5) is 0 Å². The molecule has 0 aliphatic heterocycles. The quantitative estimate of drug-likeness (QED) is 0.893. The van der Waals surface area contributed by atoms with Crippen molar-refractivity contribution in [3.05, 3.63) is 15.8 Å². The Balaban J connectivity index is 3.17. The van der Waals surface area contributed by atoms with Gasteiger partial charge in [-0.1, -0.05) is 13.8 Å². The summed E-state index contributed by atoms with van der Waals surface area (Å²) >= 11 is 1.28. The molecule has 17 heavy (non-hydrogen) atoms. The molecule has 0 unspecified atom stereocenters. The standard InChI is InChI=1S/C11H19NO3S2/c1-8(2)5-12(4)17(14,15)11-9(3)7-16-10(11)6-13/h7-8,13H,5-6H2,1-4H3. The van der Waals surface area contributed by atoms with Crippen molar-refractivity contribution < 1.29 is 13.5 Å². The summed E-state index contributed by atoms with van der Waals surface area (Å²) in [6.07, 6.45) is 0. The first-order valence-corrected chi connectivity index (χ1v) is 7.76. The number of aliphatic hydroxyl groups excluding tert-OH is 1. The molecule has 0 saturated carbocycles. The zero-order valence-corrected chi connectivity index (χ0v) is 12.2. The minimum atomic E-state index is -3.48. The van der Waals surface area contributed by atoms with Gasteiger partial charge in [0.25, 0.3) is 0 Å². The van der Waals surface area contributed by atoms with Crippen LogP contribution in [-0.2, 0) is 16.6 Å². The van der Waals surface area contributed by atoms with Crippen molar-refractivity contribution in [1.82, 2.24) is 4.31 Å². The van der Waals surface area contributed by atoms with Gasteiger partial charge >= 0.3 is 0 Å². The first-order chi connectivity index (χ1) is 7.80. The first-order valence-electron chi connectivity index (χ1n) is 5.44. The average molecular weight is 277 g/mol. The highest BCUT2D eigenvalue weighted by Gasteiger charge is 2.27. The maximum absolute atomic E-state index is 12.4. The number of rotatable bonds is 5. The molecule has 1 rings (SSSR count). The fourth-order valence-electron chi connectivity index (χ4n) is 1.71. The first kappa shape index (κ1) is 14.6. The topological polar surface area (TPSA) is 57.6 Å². The van der Waals surface area contributed by atoms with Crippen molar-refractivity contribution in [2.75, 3.05) is 13.6 Å². The second kappa shape index (κ2) is 5.48. The van der Waals surface area contributed by atoms with Crippen LogP contribution >= 0.6 is 11.3 Å². The van der Waals surface area contributed by atoms with Crippen LogP contribution in [0.15, 0.2) is 10.3 Å². The van der Waals surface area contributed by atoms with Crippen molar-refractivity contribution in [3.8, 4) is 0 Å². The zero-order chi connectivity index (χ0) is 13.2. The van der Waals surface area contributed by atoms with E-state index in [1.807, 2.05) is 13.8 Å². The van der Waals surface area contributed by atoms with Crippen LogP contribution in [0.3, 0.4) is 0 Å². The second-order valence-electron chi connectivity index (χ2n) is 4.51. The van der Waals surface area contributed by atoms with E-state index in [0.29, 0.717) is 17.0 Å². The molecule has 98 valence electrons. The summed E-state index contributed by atoms with van der Waals surface area (Å²) in [7, 11) is -1.90. The van der Waals surface area contributed by atoms with E-state index in [0.717, 1.165) is 0 Å². The van der Waals surface area contributed by atoms with Crippen LogP contribution in [0.5, 0.6) is 0 Å². The molecule has 0 fully saturated rings. The summed E-state index contributed by atoms with van der Waals surface area (Å²) in [4.78, 5) is 0.784. The normalized spacial score (nSPS) is 12.6. The van der Waals surface area contributed by atoms with Gasteiger partial charge in [-0.05, 0) is 23.8 Å². The number of hydrogen-bond acceptors (Lipinski definition) is 4. The number of thiophene rings is 1. The van der Waals surface area contributed by atoms with Crippen molar-refractivity contribution in [3.63, 3.8) is 0 Å². The lowest BCUT2D eigenvalue weighted by Crippen LogP contribution is -2.31. The van der Waals surface area contributed by atoms with Gasteiger partial charge in [0.15, 0.2) is 0 Å². The van der Waals surface area contributed by atoms with Gasteiger partial charge in [-0.2, -0.15) is 0 Å². The van der Waals surface area contributed by atoms with Gasteiger partial charge in [-0.3, -0.25) is 0 Å². The van der Waals surface area contributed by atoms with Crippen molar-refractivity contribution in [2.24, 2.45) is 5.92 Å². The summed E-state index contributed by atoms with van der Waals surface area (Å²) in [5.41, 5.74) is 0.703. The molecule has 6 heteroatoms. The molecule has 0 aliphatic carbocycles. The van der Waals surface area contributed by atoms with Crippen LogP contribution in [-0.4, -0.2) is 31.4 Å². The molecule has 0 amide bonds. The number of nitrogens with zero attached hydrogens (tertiary/aromatic N) is 1. The van der Waals surface area contributed by atoms with E-state index in [1.54, 1.807) is 19.4 Å². The predicted molar refractivity (Wildman–Crippen MR) is 69.6 cm³/mol. The third-order valence-electron chi connectivity index (χ3n) is 2.42. The molecule has 1 aromatic rings. The van der Waals surface area contributed by atoms with Crippen molar-refractivity contribution >= 4 is 21.4 Å². The lowest BCUT2D eigenvalue weighted by Gasteiger charge is -2.19. The van der Waals surface area contributed by atoms with Gasteiger partial charge in [-0.15, -0.1) is 11.3 Å². The zero-order valence-electron chi connectivity index (χ0n) is 10.6. The lowest BCUT2D eigenvalue weighted by atomic mass is 10.2. The third-order valence-corrected chi connectivity index (χ3v) is 5.70. The summed E-state index contributed by atoms with van der Waals surface area (Å²) < 4.78 is 26.1. The van der Waals surface area contributed by atoms with E-state index in [4.69, 9.17) is 0 Å². The average Bonchev–Trinajstić information content (AvgIpc) is 2.58. The Labute approximate surface area is 107 Å². The summed E-state index contributed by atoms with van der Waals surface area (Å²) in [5, 5.41) is 11.0. The molecule has 1 aromatic heterocycles. The van der Waals surface area contributed by atoms with E-state index in [-0.39, 0.29) is 17.4 Å². The predicted octanol–water partition coefficient (Wildman–Crippen LogP) is 1.83. The molecule has 1 heterocycles. The molecule has 0 aliphatic rings. The van der Waals surface area contributed by atoms with E-state index in [2.05, 4.69) is 0 Å². The highest BCUT2D eigenvalue weighted by atomic mass is 32.2. The molecular weight excluding hydrogens is 258 g/mol. The smallest absolute Gasteiger partial charge is 0.244 e. The van der Waals surface area contributed by atoms with Gasteiger partial charge in [0.05, 0.1) is 11.5 Å². The van der Waals surface area contributed by atoms with Crippen LogP contribution in [0, 0.1) is 12.8 Å². The molecule has 0 aromatic carbocycles. The monoisotopic (exact) mass is 277 g/mol. The highest BCUT2D eigenvalue weighted by molar-refractivity contribution is 7.89. The lowest BCUT2D eigenvalue weighted by molar-refractivity contribution is 0.282. The van der Waals surface area contributed by atoms with Crippen molar-refractivity contribution in [1.29, 1.82) is 0 Å². The number of aliphatic hydroxyl groups is 1. The Morgan fingerprint density at radius 2 is 2.06 bits per heavy atom. The van der Waals surface area contributed by atoms with E-state index < -0.39 is 10.0 Å². The number of sulfonamides is 1. The van der Waals surface area contributed by atoms with Gasteiger partial charge in [0.2, 0.25) is 10.0 Å². The Morgan fingerprint density at radius 1 is 1.47 bits per heavy atom. The van der Waals surface area contributed by atoms with Gasteiger partial charge in [0, 0.05) is 13.6 Å². The fraction of sp³-hybridized carbons (Fsp3) is 0.636.